The number of rotatable bonds is 6. The maximum Gasteiger partial charge on any atom is 0.305 e. The van der Waals surface area contributed by atoms with Crippen LogP contribution in [0.2, 0.25) is 0 Å². The molecule has 0 unspecified atom stereocenters. The van der Waals surface area contributed by atoms with E-state index < -0.39 is 0 Å². The van der Waals surface area contributed by atoms with E-state index in [4.69, 9.17) is 4.74 Å². The van der Waals surface area contributed by atoms with E-state index >= 15 is 0 Å². The van der Waals surface area contributed by atoms with Crippen molar-refractivity contribution in [1.82, 2.24) is 14.9 Å². The summed E-state index contributed by atoms with van der Waals surface area (Å²) in [4.78, 5) is 22.3. The summed E-state index contributed by atoms with van der Waals surface area (Å²) in [6.07, 6.45) is 0.867. The normalized spacial score (nSPS) is 9.81. The summed E-state index contributed by atoms with van der Waals surface area (Å²) in [5.41, 5.74) is 0.307. The highest BCUT2D eigenvalue weighted by atomic mass is 32.1. The molecule has 0 saturated heterocycles. The van der Waals surface area contributed by atoms with Crippen LogP contribution in [0.1, 0.15) is 30.3 Å². The molecular formula is C9H13N3O3S. The monoisotopic (exact) mass is 243 g/mol. The van der Waals surface area contributed by atoms with Crippen molar-refractivity contribution in [3.05, 3.63) is 11.1 Å². The molecule has 0 aliphatic rings. The number of aromatic nitrogens is 2. The standard InChI is InChI=1S/C9H13N3O3S/c1-2-15-8(13)4-3-5-10-9(14)7-6-16-12-11-7/h6H,2-5H2,1H3,(H,10,14). The molecule has 0 aromatic carbocycles. The Morgan fingerprint density at radius 1 is 1.56 bits per heavy atom. The Morgan fingerprint density at radius 2 is 2.38 bits per heavy atom. The molecule has 0 fully saturated rings. The maximum atomic E-state index is 11.4. The van der Waals surface area contributed by atoms with Crippen molar-refractivity contribution in [3.63, 3.8) is 0 Å². The number of hydrogen-bond acceptors (Lipinski definition) is 6. The summed E-state index contributed by atoms with van der Waals surface area (Å²) in [6.45, 7) is 2.57. The number of ether oxygens (including phenoxy) is 1. The Labute approximate surface area is 97.2 Å². The first-order valence-corrected chi connectivity index (χ1v) is 5.78. The van der Waals surface area contributed by atoms with E-state index in [1.54, 1.807) is 12.3 Å². The molecule has 0 radical (unpaired) electrons. The minimum absolute atomic E-state index is 0.243. The summed E-state index contributed by atoms with van der Waals surface area (Å²) in [5, 5.41) is 7.83. The first-order chi connectivity index (χ1) is 7.74. The third-order valence-corrected chi connectivity index (χ3v) is 2.25. The predicted octanol–water partition coefficient (Wildman–Crippen LogP) is 0.611. The Morgan fingerprint density at radius 3 is 3.00 bits per heavy atom. The number of carbonyl (C=O) groups is 2. The molecule has 0 spiro atoms. The van der Waals surface area contributed by atoms with Crippen LogP contribution in [0, 0.1) is 0 Å². The van der Waals surface area contributed by atoms with Gasteiger partial charge in [-0.1, -0.05) is 4.49 Å². The number of esters is 1. The average molecular weight is 243 g/mol. The summed E-state index contributed by atoms with van der Waals surface area (Å²) >= 11 is 1.12. The Balaban J connectivity index is 2.12. The van der Waals surface area contributed by atoms with Crippen LogP contribution in [-0.4, -0.2) is 34.6 Å². The lowest BCUT2D eigenvalue weighted by Gasteiger charge is -2.02. The quantitative estimate of drug-likeness (QED) is 0.585. The molecule has 1 heterocycles. The van der Waals surface area contributed by atoms with Gasteiger partial charge < -0.3 is 10.1 Å². The Hall–Kier alpha value is -1.50. The molecule has 1 aromatic heterocycles. The zero-order valence-electron chi connectivity index (χ0n) is 8.93. The minimum Gasteiger partial charge on any atom is -0.466 e. The lowest BCUT2D eigenvalue weighted by Crippen LogP contribution is -2.25. The molecule has 0 aliphatic heterocycles. The summed E-state index contributed by atoms with van der Waals surface area (Å²) < 4.78 is 8.33. The molecule has 0 bridgehead atoms. The summed E-state index contributed by atoms with van der Waals surface area (Å²) in [6, 6.07) is 0. The highest BCUT2D eigenvalue weighted by Gasteiger charge is 2.08. The molecule has 1 N–H and O–H groups in total. The highest BCUT2D eigenvalue weighted by molar-refractivity contribution is 7.03. The van der Waals surface area contributed by atoms with Crippen molar-refractivity contribution in [2.45, 2.75) is 19.8 Å². The molecule has 6 nitrogen and oxygen atoms in total. The number of nitrogens with one attached hydrogen (secondary N) is 1. The van der Waals surface area contributed by atoms with Crippen molar-refractivity contribution >= 4 is 23.4 Å². The summed E-state index contributed by atoms with van der Waals surface area (Å²) in [5.74, 6) is -0.510. The molecule has 1 rings (SSSR count). The zero-order valence-corrected chi connectivity index (χ0v) is 9.75. The second-order valence-corrected chi connectivity index (χ2v) is 3.56. The molecule has 0 atom stereocenters. The SMILES string of the molecule is CCOC(=O)CCCNC(=O)c1csnn1. The van der Waals surface area contributed by atoms with Crippen molar-refractivity contribution in [1.29, 1.82) is 0 Å². The number of nitrogens with zero attached hydrogens (tertiary/aromatic N) is 2. The number of carbonyl (C=O) groups excluding carboxylic acids is 2. The predicted molar refractivity (Wildman–Crippen MR) is 58.1 cm³/mol. The highest BCUT2D eigenvalue weighted by Crippen LogP contribution is 1.97. The fourth-order valence-corrected chi connectivity index (χ4v) is 1.46. The van der Waals surface area contributed by atoms with Crippen LogP contribution in [0.15, 0.2) is 5.38 Å². The maximum absolute atomic E-state index is 11.4. The van der Waals surface area contributed by atoms with Gasteiger partial charge >= 0.3 is 5.97 Å². The van der Waals surface area contributed by atoms with Crippen molar-refractivity contribution < 1.29 is 14.3 Å². The van der Waals surface area contributed by atoms with E-state index in [2.05, 4.69) is 14.9 Å². The molecule has 7 heteroatoms. The van der Waals surface area contributed by atoms with Crippen LogP contribution in [0.3, 0.4) is 0 Å². The lowest BCUT2D eigenvalue weighted by atomic mass is 10.3. The van der Waals surface area contributed by atoms with Gasteiger partial charge in [0.2, 0.25) is 0 Å². The number of amides is 1. The van der Waals surface area contributed by atoms with Crippen molar-refractivity contribution in [2.24, 2.45) is 0 Å². The minimum atomic E-state index is -0.266. The van der Waals surface area contributed by atoms with Gasteiger partial charge in [-0.2, -0.15) is 0 Å². The van der Waals surface area contributed by atoms with E-state index in [9.17, 15) is 9.59 Å². The van der Waals surface area contributed by atoms with Crippen molar-refractivity contribution in [2.75, 3.05) is 13.2 Å². The Bertz CT molecular complexity index is 340. The largest absolute Gasteiger partial charge is 0.466 e. The molecule has 1 amide bonds. The second-order valence-electron chi connectivity index (χ2n) is 2.95. The summed E-state index contributed by atoms with van der Waals surface area (Å²) in [7, 11) is 0. The van der Waals surface area contributed by atoms with Gasteiger partial charge in [0, 0.05) is 18.3 Å². The molecule has 0 saturated carbocycles. The van der Waals surface area contributed by atoms with Gasteiger partial charge in [-0.15, -0.1) is 5.10 Å². The lowest BCUT2D eigenvalue weighted by molar-refractivity contribution is -0.143. The molecule has 1 aromatic rings. The van der Waals surface area contributed by atoms with Crippen LogP contribution in [0.4, 0.5) is 0 Å². The van der Waals surface area contributed by atoms with Crippen LogP contribution < -0.4 is 5.32 Å². The van der Waals surface area contributed by atoms with Gasteiger partial charge in [0.25, 0.3) is 5.91 Å². The zero-order chi connectivity index (χ0) is 11.8. The van der Waals surface area contributed by atoms with E-state index in [0.717, 1.165) is 11.5 Å². The van der Waals surface area contributed by atoms with Gasteiger partial charge in [-0.25, -0.2) is 0 Å². The van der Waals surface area contributed by atoms with Crippen LogP contribution in [-0.2, 0) is 9.53 Å². The van der Waals surface area contributed by atoms with E-state index in [-0.39, 0.29) is 11.9 Å². The van der Waals surface area contributed by atoms with Crippen LogP contribution >= 0.6 is 11.5 Å². The van der Waals surface area contributed by atoms with Gasteiger partial charge in [-0.05, 0) is 24.9 Å². The van der Waals surface area contributed by atoms with E-state index in [1.165, 1.54) is 0 Å². The van der Waals surface area contributed by atoms with Gasteiger partial charge in [0.15, 0.2) is 5.69 Å². The molecule has 88 valence electrons. The fourth-order valence-electron chi connectivity index (χ4n) is 1.02. The van der Waals surface area contributed by atoms with Gasteiger partial charge in [-0.3, -0.25) is 9.59 Å². The van der Waals surface area contributed by atoms with Gasteiger partial charge in [0.1, 0.15) is 0 Å². The fraction of sp³-hybridized carbons (Fsp3) is 0.556. The smallest absolute Gasteiger partial charge is 0.305 e. The second kappa shape index (κ2) is 6.89. The Kier molecular flexibility index (Phi) is 5.41. The average Bonchev–Trinajstić information content (AvgIpc) is 2.78. The number of hydrogen-bond donors (Lipinski definition) is 1. The molecular weight excluding hydrogens is 230 g/mol. The van der Waals surface area contributed by atoms with E-state index in [1.807, 2.05) is 0 Å². The third-order valence-electron chi connectivity index (χ3n) is 1.74. The van der Waals surface area contributed by atoms with Crippen molar-refractivity contribution in [3.8, 4) is 0 Å². The van der Waals surface area contributed by atoms with Crippen LogP contribution in [0.5, 0.6) is 0 Å². The van der Waals surface area contributed by atoms with Gasteiger partial charge in [0.05, 0.1) is 6.61 Å². The van der Waals surface area contributed by atoms with E-state index in [0.29, 0.717) is 31.7 Å². The topological polar surface area (TPSA) is 81.2 Å². The molecule has 16 heavy (non-hydrogen) atoms. The van der Waals surface area contributed by atoms with Crippen LogP contribution in [0.25, 0.3) is 0 Å². The third kappa shape index (κ3) is 4.35. The first kappa shape index (κ1) is 12.6. The molecule has 0 aliphatic carbocycles. The first-order valence-electron chi connectivity index (χ1n) is 4.95.